The Hall–Kier alpha value is -2.93. The number of nitrogens with zero attached hydrogens (tertiary/aromatic N) is 2. The summed E-state index contributed by atoms with van der Waals surface area (Å²) in [4.78, 5) is 12.4. The molecule has 0 aliphatic carbocycles. The summed E-state index contributed by atoms with van der Waals surface area (Å²) in [5.41, 5.74) is 5.18. The number of aromatic nitrogens is 2. The molecule has 0 amide bonds. The van der Waals surface area contributed by atoms with Crippen molar-refractivity contribution >= 4 is 15.8 Å². The molecule has 29 heavy (non-hydrogen) atoms. The fourth-order valence-corrected chi connectivity index (χ4v) is 4.39. The lowest BCUT2D eigenvalue weighted by Gasteiger charge is -2.24. The van der Waals surface area contributed by atoms with Gasteiger partial charge in [-0.3, -0.25) is 4.68 Å². The van der Waals surface area contributed by atoms with E-state index < -0.39 is 15.8 Å². The van der Waals surface area contributed by atoms with Crippen molar-refractivity contribution in [1.82, 2.24) is 9.78 Å². The highest BCUT2D eigenvalue weighted by Gasteiger charge is 2.26. The van der Waals surface area contributed by atoms with Crippen LogP contribution in [0.2, 0.25) is 0 Å². The average molecular weight is 410 g/mol. The highest BCUT2D eigenvalue weighted by atomic mass is 32.2. The van der Waals surface area contributed by atoms with Gasteiger partial charge in [-0.1, -0.05) is 37.3 Å². The van der Waals surface area contributed by atoms with Crippen LogP contribution in [0.5, 0.6) is 0 Å². The first-order chi connectivity index (χ1) is 13.8. The molecule has 7 heteroatoms. The first-order valence-electron chi connectivity index (χ1n) is 9.47. The minimum atomic E-state index is -3.27. The topological polar surface area (TPSA) is 78.3 Å². The van der Waals surface area contributed by atoms with Crippen LogP contribution >= 0.6 is 0 Å². The van der Waals surface area contributed by atoms with Crippen LogP contribution in [0.1, 0.15) is 35.8 Å². The Labute approximate surface area is 170 Å². The van der Waals surface area contributed by atoms with E-state index >= 15 is 0 Å². The first-order valence-corrected chi connectivity index (χ1v) is 11.4. The van der Waals surface area contributed by atoms with Gasteiger partial charge in [-0.25, -0.2) is 13.2 Å². The number of benzene rings is 2. The van der Waals surface area contributed by atoms with Crippen LogP contribution in [-0.4, -0.2) is 37.0 Å². The third-order valence-corrected chi connectivity index (χ3v) is 6.28. The molecule has 3 aromatic rings. The first kappa shape index (κ1) is 19.4. The molecule has 1 aliphatic rings. The lowest BCUT2D eigenvalue weighted by Crippen LogP contribution is -2.16. The second-order valence-electron chi connectivity index (χ2n) is 7.32. The molecule has 2 aromatic carbocycles. The monoisotopic (exact) mass is 410 g/mol. The summed E-state index contributed by atoms with van der Waals surface area (Å²) in [6.07, 6.45) is 1.21. The molecule has 0 bridgehead atoms. The van der Waals surface area contributed by atoms with E-state index in [4.69, 9.17) is 4.74 Å². The Bertz CT molecular complexity index is 1210. The molecule has 0 saturated heterocycles. The summed E-state index contributed by atoms with van der Waals surface area (Å²) >= 11 is 0. The number of rotatable bonds is 4. The third kappa shape index (κ3) is 3.58. The lowest BCUT2D eigenvalue weighted by atomic mass is 9.88. The molecule has 1 aromatic heterocycles. The van der Waals surface area contributed by atoms with Gasteiger partial charge in [0.25, 0.3) is 0 Å². The Kier molecular flexibility index (Phi) is 4.78. The maximum absolute atomic E-state index is 12.1. The molecule has 150 valence electrons. The Balaban J connectivity index is 1.77. The highest BCUT2D eigenvalue weighted by Crippen LogP contribution is 2.38. The Morgan fingerprint density at radius 2 is 1.93 bits per heavy atom. The summed E-state index contributed by atoms with van der Waals surface area (Å²) in [5.74, 6) is -0.219. The van der Waals surface area contributed by atoms with E-state index in [9.17, 15) is 13.2 Å². The standard InChI is InChI=1S/C22H22N2O4S/c1-4-28-22(25)20-12-21-18-9-8-16(11-19(18)14(2)13-24(21)23-20)15-6-5-7-17(10-15)29(3,26)27/h5-12,14H,4,13H2,1-3H3. The fourth-order valence-electron chi connectivity index (χ4n) is 3.72. The molecule has 1 atom stereocenters. The van der Waals surface area contributed by atoms with Gasteiger partial charge < -0.3 is 4.74 Å². The smallest absolute Gasteiger partial charge is 0.358 e. The largest absolute Gasteiger partial charge is 0.461 e. The van der Waals surface area contributed by atoms with E-state index in [1.54, 1.807) is 31.2 Å². The van der Waals surface area contributed by atoms with Gasteiger partial charge in [0.1, 0.15) is 0 Å². The maximum atomic E-state index is 12.1. The van der Waals surface area contributed by atoms with Crippen molar-refractivity contribution in [2.45, 2.75) is 31.2 Å². The van der Waals surface area contributed by atoms with Crippen LogP contribution in [0, 0.1) is 0 Å². The van der Waals surface area contributed by atoms with E-state index in [2.05, 4.69) is 18.1 Å². The number of sulfone groups is 1. The van der Waals surface area contributed by atoms with Gasteiger partial charge in [-0.15, -0.1) is 0 Å². The average Bonchev–Trinajstić information content (AvgIpc) is 3.12. The van der Waals surface area contributed by atoms with Crippen LogP contribution in [0.3, 0.4) is 0 Å². The predicted molar refractivity (Wildman–Crippen MR) is 111 cm³/mol. The van der Waals surface area contributed by atoms with Gasteiger partial charge >= 0.3 is 5.97 Å². The minimum Gasteiger partial charge on any atom is -0.461 e. The zero-order chi connectivity index (χ0) is 20.8. The fraction of sp³-hybridized carbons (Fsp3) is 0.273. The van der Waals surface area contributed by atoms with Crippen LogP contribution in [0.4, 0.5) is 0 Å². The number of hydrogen-bond acceptors (Lipinski definition) is 5. The van der Waals surface area contributed by atoms with Crippen molar-refractivity contribution in [3.63, 3.8) is 0 Å². The summed E-state index contributed by atoms with van der Waals surface area (Å²) in [5, 5.41) is 4.41. The van der Waals surface area contributed by atoms with E-state index in [1.807, 2.05) is 22.9 Å². The summed E-state index contributed by atoms with van der Waals surface area (Å²) in [7, 11) is -3.27. The van der Waals surface area contributed by atoms with E-state index in [0.29, 0.717) is 23.7 Å². The lowest BCUT2D eigenvalue weighted by molar-refractivity contribution is 0.0518. The van der Waals surface area contributed by atoms with Gasteiger partial charge in [0, 0.05) is 24.3 Å². The van der Waals surface area contributed by atoms with Gasteiger partial charge in [-0.2, -0.15) is 5.10 Å². The molecule has 1 unspecified atom stereocenters. The molecule has 4 rings (SSSR count). The SMILES string of the molecule is CCOC(=O)c1cc2n(n1)CC(C)c1cc(-c3cccc(S(C)(=O)=O)c3)ccc1-2. The van der Waals surface area contributed by atoms with E-state index in [-0.39, 0.29) is 5.92 Å². The van der Waals surface area contributed by atoms with Crippen LogP contribution in [0.15, 0.2) is 53.4 Å². The van der Waals surface area contributed by atoms with Gasteiger partial charge in [-0.05, 0) is 41.8 Å². The number of ether oxygens (including phenoxy) is 1. The second kappa shape index (κ2) is 7.15. The number of hydrogen-bond donors (Lipinski definition) is 0. The minimum absolute atomic E-state index is 0.200. The molecular weight excluding hydrogens is 388 g/mol. The third-order valence-electron chi connectivity index (χ3n) is 5.17. The molecule has 1 aliphatic heterocycles. The molecule has 2 heterocycles. The quantitative estimate of drug-likeness (QED) is 0.609. The molecule has 0 spiro atoms. The Morgan fingerprint density at radius 1 is 1.17 bits per heavy atom. The highest BCUT2D eigenvalue weighted by molar-refractivity contribution is 7.90. The molecule has 0 saturated carbocycles. The number of carbonyl (C=O) groups is 1. The zero-order valence-corrected chi connectivity index (χ0v) is 17.4. The normalized spacial score (nSPS) is 15.5. The molecule has 0 N–H and O–H groups in total. The van der Waals surface area contributed by atoms with Crippen molar-refractivity contribution in [1.29, 1.82) is 0 Å². The number of carbonyl (C=O) groups excluding carboxylic acids is 1. The summed E-state index contributed by atoms with van der Waals surface area (Å²) in [6, 6.07) is 14.8. The number of fused-ring (bicyclic) bond motifs is 3. The Morgan fingerprint density at radius 3 is 2.66 bits per heavy atom. The van der Waals surface area contributed by atoms with Crippen molar-refractivity contribution < 1.29 is 17.9 Å². The molecule has 0 radical (unpaired) electrons. The second-order valence-corrected chi connectivity index (χ2v) is 9.34. The van der Waals surface area contributed by atoms with Crippen LogP contribution in [-0.2, 0) is 21.1 Å². The molecular formula is C22H22N2O4S. The summed E-state index contributed by atoms with van der Waals surface area (Å²) < 4.78 is 30.7. The van der Waals surface area contributed by atoms with E-state index in [0.717, 1.165) is 27.9 Å². The predicted octanol–water partition coefficient (Wildman–Crippen LogP) is 3.91. The molecule has 6 nitrogen and oxygen atoms in total. The van der Waals surface area contributed by atoms with Crippen LogP contribution in [0.25, 0.3) is 22.4 Å². The van der Waals surface area contributed by atoms with Crippen molar-refractivity contribution in [3.05, 3.63) is 59.8 Å². The van der Waals surface area contributed by atoms with Crippen LogP contribution < -0.4 is 0 Å². The van der Waals surface area contributed by atoms with Gasteiger partial charge in [0.2, 0.25) is 0 Å². The number of esters is 1. The van der Waals surface area contributed by atoms with Gasteiger partial charge in [0.15, 0.2) is 15.5 Å². The maximum Gasteiger partial charge on any atom is 0.358 e. The zero-order valence-electron chi connectivity index (χ0n) is 16.5. The van der Waals surface area contributed by atoms with Crippen molar-refractivity contribution in [3.8, 4) is 22.4 Å². The van der Waals surface area contributed by atoms with E-state index in [1.165, 1.54) is 6.26 Å². The van der Waals surface area contributed by atoms with Gasteiger partial charge in [0.05, 0.1) is 17.2 Å². The molecule has 0 fully saturated rings. The summed E-state index contributed by atoms with van der Waals surface area (Å²) in [6.45, 7) is 4.86. The van der Waals surface area contributed by atoms with Crippen molar-refractivity contribution in [2.24, 2.45) is 0 Å². The van der Waals surface area contributed by atoms with Crippen molar-refractivity contribution in [2.75, 3.05) is 12.9 Å².